The van der Waals surface area contributed by atoms with Crippen molar-refractivity contribution in [3.05, 3.63) is 59.7 Å². The van der Waals surface area contributed by atoms with Gasteiger partial charge in [0.2, 0.25) is 0 Å². The molecule has 0 amide bonds. The Morgan fingerprint density at radius 1 is 1.50 bits per heavy atom. The Bertz CT molecular complexity index is 442. The maximum atomic E-state index is 9.64. The lowest BCUT2D eigenvalue weighted by Gasteiger charge is -2.28. The summed E-state index contributed by atoms with van der Waals surface area (Å²) >= 11 is 0. The van der Waals surface area contributed by atoms with Crippen molar-refractivity contribution < 1.29 is 14.4 Å². The molecule has 1 aliphatic heterocycles. The van der Waals surface area contributed by atoms with Crippen molar-refractivity contribution in [2.75, 3.05) is 13.7 Å². The van der Waals surface area contributed by atoms with Crippen LogP contribution in [0.15, 0.2) is 54.1 Å². The van der Waals surface area contributed by atoms with E-state index in [0.717, 1.165) is 16.7 Å². The van der Waals surface area contributed by atoms with Gasteiger partial charge >= 0.3 is 7.12 Å². The zero-order valence-electron chi connectivity index (χ0n) is 10.5. The highest BCUT2D eigenvalue weighted by Gasteiger charge is 2.29. The van der Waals surface area contributed by atoms with Crippen molar-refractivity contribution in [1.82, 2.24) is 0 Å². The Morgan fingerprint density at radius 2 is 2.22 bits per heavy atom. The normalized spacial score (nSPS) is 19.6. The van der Waals surface area contributed by atoms with E-state index in [-0.39, 0.29) is 6.10 Å². The highest BCUT2D eigenvalue weighted by Crippen LogP contribution is 2.34. The summed E-state index contributed by atoms with van der Waals surface area (Å²) in [5, 5.41) is 9.64. The van der Waals surface area contributed by atoms with Gasteiger partial charge in [0, 0.05) is 13.4 Å². The van der Waals surface area contributed by atoms with Gasteiger partial charge in [0.05, 0.1) is 12.7 Å². The number of ether oxygens (including phenoxy) is 1. The molecule has 1 aliphatic rings. The van der Waals surface area contributed by atoms with Crippen molar-refractivity contribution in [3.8, 4) is 0 Å². The van der Waals surface area contributed by atoms with Gasteiger partial charge < -0.3 is 14.4 Å². The SMILES string of the molecule is C=C(COC)C1=CCB(O)OC1c1ccccc1. The molecule has 1 aromatic carbocycles. The molecule has 0 aliphatic carbocycles. The van der Waals surface area contributed by atoms with Gasteiger partial charge in [-0.25, -0.2) is 0 Å². The standard InChI is InChI=1S/C14H17BO3/c1-11(10-17-2)13-8-9-15(16)18-14(13)12-6-4-3-5-7-12/h3-8,14,16H,1,9-10H2,2H3. The summed E-state index contributed by atoms with van der Waals surface area (Å²) in [4.78, 5) is 0. The van der Waals surface area contributed by atoms with Gasteiger partial charge in [-0.2, -0.15) is 0 Å². The van der Waals surface area contributed by atoms with E-state index in [0.29, 0.717) is 12.9 Å². The topological polar surface area (TPSA) is 38.7 Å². The number of hydrogen-bond acceptors (Lipinski definition) is 3. The van der Waals surface area contributed by atoms with Crippen molar-refractivity contribution in [2.45, 2.75) is 12.4 Å². The maximum absolute atomic E-state index is 9.64. The predicted octanol–water partition coefficient (Wildman–Crippen LogP) is 2.37. The molecule has 3 nitrogen and oxygen atoms in total. The summed E-state index contributed by atoms with van der Waals surface area (Å²) in [6.07, 6.45) is 2.20. The highest BCUT2D eigenvalue weighted by molar-refractivity contribution is 6.43. The molecule has 94 valence electrons. The minimum atomic E-state index is -0.755. The molecule has 18 heavy (non-hydrogen) atoms. The van der Waals surface area contributed by atoms with Crippen LogP contribution in [0.5, 0.6) is 0 Å². The lowest BCUT2D eigenvalue weighted by Crippen LogP contribution is -2.26. The van der Waals surface area contributed by atoms with E-state index in [4.69, 9.17) is 9.39 Å². The molecule has 4 heteroatoms. The lowest BCUT2D eigenvalue weighted by atomic mass is 9.77. The van der Waals surface area contributed by atoms with Crippen LogP contribution in [-0.4, -0.2) is 25.9 Å². The second kappa shape index (κ2) is 6.00. The predicted molar refractivity (Wildman–Crippen MR) is 72.1 cm³/mol. The number of benzene rings is 1. The molecule has 1 N–H and O–H groups in total. The average molecular weight is 244 g/mol. The van der Waals surface area contributed by atoms with Gasteiger partial charge in [-0.05, 0) is 16.7 Å². The third kappa shape index (κ3) is 2.90. The molecule has 1 unspecified atom stereocenters. The monoisotopic (exact) mass is 244 g/mol. The lowest BCUT2D eigenvalue weighted by molar-refractivity contribution is 0.185. The van der Waals surface area contributed by atoms with Gasteiger partial charge in [-0.15, -0.1) is 0 Å². The van der Waals surface area contributed by atoms with Crippen LogP contribution >= 0.6 is 0 Å². The van der Waals surface area contributed by atoms with E-state index in [9.17, 15) is 5.02 Å². The summed E-state index contributed by atoms with van der Waals surface area (Å²) in [7, 11) is 0.885. The van der Waals surface area contributed by atoms with Gasteiger partial charge in [0.1, 0.15) is 0 Å². The molecule has 0 saturated heterocycles. The molecule has 1 aromatic rings. The third-order valence-electron chi connectivity index (χ3n) is 2.94. The fourth-order valence-corrected chi connectivity index (χ4v) is 2.09. The van der Waals surface area contributed by atoms with Crippen LogP contribution in [0, 0.1) is 0 Å². The summed E-state index contributed by atoms with van der Waals surface area (Å²) in [6, 6.07) is 9.83. The molecule has 1 heterocycles. The van der Waals surface area contributed by atoms with Crippen LogP contribution in [0.2, 0.25) is 6.32 Å². The molecule has 0 saturated carbocycles. The van der Waals surface area contributed by atoms with E-state index in [1.54, 1.807) is 7.11 Å². The second-order valence-electron chi connectivity index (χ2n) is 4.31. The molecule has 0 bridgehead atoms. The maximum Gasteiger partial charge on any atom is 0.458 e. The largest absolute Gasteiger partial charge is 0.458 e. The molecular formula is C14H17BO3. The van der Waals surface area contributed by atoms with Gasteiger partial charge in [-0.3, -0.25) is 0 Å². The zero-order chi connectivity index (χ0) is 13.0. The van der Waals surface area contributed by atoms with Gasteiger partial charge in [0.15, 0.2) is 0 Å². The van der Waals surface area contributed by atoms with Gasteiger partial charge in [0.25, 0.3) is 0 Å². The van der Waals surface area contributed by atoms with Crippen molar-refractivity contribution in [1.29, 1.82) is 0 Å². The zero-order valence-corrected chi connectivity index (χ0v) is 10.5. The minimum absolute atomic E-state index is 0.266. The Kier molecular flexibility index (Phi) is 4.36. The van der Waals surface area contributed by atoms with Crippen LogP contribution in [0.1, 0.15) is 11.7 Å². The van der Waals surface area contributed by atoms with Crippen molar-refractivity contribution in [3.63, 3.8) is 0 Å². The van der Waals surface area contributed by atoms with E-state index in [1.165, 1.54) is 0 Å². The van der Waals surface area contributed by atoms with Crippen LogP contribution in [0.4, 0.5) is 0 Å². The molecule has 0 aromatic heterocycles. The van der Waals surface area contributed by atoms with Crippen LogP contribution in [0.3, 0.4) is 0 Å². The molecular weight excluding hydrogens is 227 g/mol. The van der Waals surface area contributed by atoms with Crippen molar-refractivity contribution >= 4 is 7.12 Å². The molecule has 0 radical (unpaired) electrons. The fraction of sp³-hybridized carbons (Fsp3) is 0.286. The van der Waals surface area contributed by atoms with E-state index in [2.05, 4.69) is 6.58 Å². The summed E-state index contributed by atoms with van der Waals surface area (Å²) in [5.74, 6) is 0. The molecule has 1 atom stereocenters. The summed E-state index contributed by atoms with van der Waals surface area (Å²) < 4.78 is 10.7. The molecule has 0 fully saturated rings. The average Bonchev–Trinajstić information content (AvgIpc) is 2.40. The molecule has 2 rings (SSSR count). The first-order chi connectivity index (χ1) is 8.72. The Balaban J connectivity index is 2.27. The number of allylic oxidation sites excluding steroid dienone is 1. The van der Waals surface area contributed by atoms with E-state index < -0.39 is 7.12 Å². The number of hydrogen-bond donors (Lipinski definition) is 1. The summed E-state index contributed by atoms with van der Waals surface area (Å²) in [6.45, 7) is 4.48. The second-order valence-corrected chi connectivity index (χ2v) is 4.31. The van der Waals surface area contributed by atoms with Crippen LogP contribution < -0.4 is 0 Å². The van der Waals surface area contributed by atoms with E-state index >= 15 is 0 Å². The third-order valence-corrected chi connectivity index (χ3v) is 2.94. The first-order valence-electron chi connectivity index (χ1n) is 5.98. The highest BCUT2D eigenvalue weighted by atomic mass is 16.5. The first-order valence-corrected chi connectivity index (χ1v) is 5.98. The van der Waals surface area contributed by atoms with E-state index in [1.807, 2.05) is 36.4 Å². The Hall–Kier alpha value is -1.36. The van der Waals surface area contributed by atoms with Crippen LogP contribution in [0.25, 0.3) is 0 Å². The number of methoxy groups -OCH3 is 1. The minimum Gasteiger partial charge on any atom is -0.427 e. The van der Waals surface area contributed by atoms with Crippen LogP contribution in [-0.2, 0) is 9.39 Å². The van der Waals surface area contributed by atoms with Crippen molar-refractivity contribution in [2.24, 2.45) is 0 Å². The quantitative estimate of drug-likeness (QED) is 0.826. The summed E-state index contributed by atoms with van der Waals surface area (Å²) in [5.41, 5.74) is 2.89. The first kappa shape index (κ1) is 13.1. The number of rotatable bonds is 4. The molecule has 0 spiro atoms. The Labute approximate surface area is 108 Å². The smallest absolute Gasteiger partial charge is 0.427 e. The Morgan fingerprint density at radius 3 is 2.89 bits per heavy atom. The van der Waals surface area contributed by atoms with Gasteiger partial charge in [-0.1, -0.05) is 43.0 Å². The fourth-order valence-electron chi connectivity index (χ4n) is 2.09.